The van der Waals surface area contributed by atoms with Gasteiger partial charge in [0.25, 0.3) is 0 Å². The molecule has 0 fully saturated rings. The van der Waals surface area contributed by atoms with E-state index in [2.05, 4.69) is 5.16 Å². The average Bonchev–Trinajstić information content (AvgIpc) is 2.49. The zero-order valence-corrected chi connectivity index (χ0v) is 11.5. The first-order valence-corrected chi connectivity index (χ1v) is 6.55. The smallest absolute Gasteiger partial charge is 0.170 e. The molecule has 0 saturated heterocycles. The Balaban J connectivity index is 2.20. The van der Waals surface area contributed by atoms with E-state index in [1.165, 1.54) is 17.8 Å². The monoisotopic (exact) mass is 292 g/mol. The van der Waals surface area contributed by atoms with Gasteiger partial charge in [-0.15, -0.1) is 0 Å². The number of hydrogen-bond acceptors (Lipinski definition) is 4. The minimum atomic E-state index is -0.421. The van der Waals surface area contributed by atoms with Crippen molar-refractivity contribution in [3.63, 3.8) is 0 Å². The molecule has 2 rings (SSSR count). The van der Waals surface area contributed by atoms with E-state index in [-0.39, 0.29) is 5.84 Å². The lowest BCUT2D eigenvalue weighted by Crippen LogP contribution is -2.13. The van der Waals surface area contributed by atoms with Crippen LogP contribution in [0.2, 0.25) is 0 Å². The molecular weight excluding hydrogens is 279 g/mol. The summed E-state index contributed by atoms with van der Waals surface area (Å²) in [7, 11) is 1.59. The van der Waals surface area contributed by atoms with E-state index in [0.717, 1.165) is 10.6 Å². The molecule has 0 aromatic heterocycles. The van der Waals surface area contributed by atoms with Gasteiger partial charge in [0.05, 0.1) is 7.11 Å². The molecule has 0 saturated carbocycles. The zero-order chi connectivity index (χ0) is 14.5. The van der Waals surface area contributed by atoms with Crippen molar-refractivity contribution in [2.24, 2.45) is 10.9 Å². The third-order valence-electron chi connectivity index (χ3n) is 2.62. The standard InChI is InChI=1S/C14H13FN2O2S/c1-19-10-3-5-11(6-4-10)20-13-7-2-9(8-12(13)15)14(16)17-18/h2-8,18H,1H3,(H2,16,17). The van der Waals surface area contributed by atoms with Gasteiger partial charge in [0.1, 0.15) is 11.6 Å². The Morgan fingerprint density at radius 2 is 1.95 bits per heavy atom. The Bertz CT molecular complexity index is 630. The maximum absolute atomic E-state index is 13.9. The van der Waals surface area contributed by atoms with Crippen LogP contribution in [0, 0.1) is 5.82 Å². The van der Waals surface area contributed by atoms with E-state index in [1.54, 1.807) is 19.2 Å². The van der Waals surface area contributed by atoms with Crippen LogP contribution in [0.5, 0.6) is 5.75 Å². The van der Waals surface area contributed by atoms with Gasteiger partial charge < -0.3 is 15.7 Å². The van der Waals surface area contributed by atoms with Crippen molar-refractivity contribution in [2.45, 2.75) is 9.79 Å². The Kier molecular flexibility index (Phi) is 4.47. The SMILES string of the molecule is COc1ccc(Sc2ccc(/C(N)=N/O)cc2F)cc1. The van der Waals surface area contributed by atoms with Crippen LogP contribution in [-0.2, 0) is 0 Å². The predicted octanol–water partition coefficient (Wildman–Crippen LogP) is 3.08. The first-order valence-electron chi connectivity index (χ1n) is 5.73. The lowest BCUT2D eigenvalue weighted by Gasteiger charge is -2.06. The highest BCUT2D eigenvalue weighted by Crippen LogP contribution is 2.31. The van der Waals surface area contributed by atoms with E-state index in [1.807, 2.05) is 24.3 Å². The second-order valence-electron chi connectivity index (χ2n) is 3.91. The molecule has 2 aromatic rings. The predicted molar refractivity (Wildman–Crippen MR) is 76.0 cm³/mol. The van der Waals surface area contributed by atoms with Crippen molar-refractivity contribution in [3.05, 3.63) is 53.8 Å². The normalized spacial score (nSPS) is 11.4. The highest BCUT2D eigenvalue weighted by atomic mass is 32.2. The maximum Gasteiger partial charge on any atom is 0.170 e. The van der Waals surface area contributed by atoms with Gasteiger partial charge in [0.15, 0.2) is 5.84 Å². The highest BCUT2D eigenvalue weighted by Gasteiger charge is 2.08. The fourth-order valence-electron chi connectivity index (χ4n) is 1.57. The Labute approximate surface area is 120 Å². The van der Waals surface area contributed by atoms with Gasteiger partial charge in [0, 0.05) is 15.4 Å². The first-order chi connectivity index (χ1) is 9.63. The van der Waals surface area contributed by atoms with Gasteiger partial charge in [-0.05, 0) is 42.5 Å². The summed E-state index contributed by atoms with van der Waals surface area (Å²) in [5.41, 5.74) is 5.75. The molecule has 0 bridgehead atoms. The van der Waals surface area contributed by atoms with Crippen molar-refractivity contribution in [1.82, 2.24) is 0 Å². The van der Waals surface area contributed by atoms with Crippen LogP contribution in [0.3, 0.4) is 0 Å². The van der Waals surface area contributed by atoms with Crippen LogP contribution in [0.15, 0.2) is 57.4 Å². The van der Waals surface area contributed by atoms with Gasteiger partial charge in [-0.25, -0.2) is 4.39 Å². The molecule has 2 aromatic carbocycles. The highest BCUT2D eigenvalue weighted by molar-refractivity contribution is 7.99. The molecule has 3 N–H and O–H groups in total. The van der Waals surface area contributed by atoms with E-state index in [0.29, 0.717) is 10.5 Å². The number of benzene rings is 2. The number of rotatable bonds is 4. The molecule has 0 aliphatic carbocycles. The number of nitrogens with zero attached hydrogens (tertiary/aromatic N) is 1. The lowest BCUT2D eigenvalue weighted by atomic mass is 10.2. The Morgan fingerprint density at radius 3 is 2.50 bits per heavy atom. The Hall–Kier alpha value is -2.21. The number of amidine groups is 1. The zero-order valence-electron chi connectivity index (χ0n) is 10.7. The average molecular weight is 292 g/mol. The molecule has 6 heteroatoms. The van der Waals surface area contributed by atoms with Crippen LogP contribution in [-0.4, -0.2) is 18.2 Å². The minimum absolute atomic E-state index is 0.120. The number of oxime groups is 1. The molecule has 0 heterocycles. The van der Waals surface area contributed by atoms with Crippen LogP contribution < -0.4 is 10.5 Å². The summed E-state index contributed by atoms with van der Waals surface area (Å²) in [6, 6.07) is 11.7. The van der Waals surface area contributed by atoms with E-state index in [9.17, 15) is 4.39 Å². The molecule has 0 aliphatic rings. The quantitative estimate of drug-likeness (QED) is 0.393. The van der Waals surface area contributed by atoms with Gasteiger partial charge in [-0.3, -0.25) is 0 Å². The minimum Gasteiger partial charge on any atom is -0.497 e. The fraction of sp³-hybridized carbons (Fsp3) is 0.0714. The van der Waals surface area contributed by atoms with Gasteiger partial charge in [0.2, 0.25) is 0 Å². The van der Waals surface area contributed by atoms with Gasteiger partial charge >= 0.3 is 0 Å². The summed E-state index contributed by atoms with van der Waals surface area (Å²) < 4.78 is 19.0. The summed E-state index contributed by atoms with van der Waals surface area (Å²) in [6.07, 6.45) is 0. The Morgan fingerprint density at radius 1 is 1.25 bits per heavy atom. The second-order valence-corrected chi connectivity index (χ2v) is 5.02. The van der Waals surface area contributed by atoms with E-state index < -0.39 is 5.82 Å². The molecular formula is C14H13FN2O2S. The molecule has 4 nitrogen and oxygen atoms in total. The van der Waals surface area contributed by atoms with Crippen molar-refractivity contribution in [2.75, 3.05) is 7.11 Å². The summed E-state index contributed by atoms with van der Waals surface area (Å²) in [5, 5.41) is 11.4. The molecule has 0 unspecified atom stereocenters. The van der Waals surface area contributed by atoms with Crippen molar-refractivity contribution < 1.29 is 14.3 Å². The molecule has 0 amide bonds. The van der Waals surface area contributed by atoms with E-state index >= 15 is 0 Å². The van der Waals surface area contributed by atoms with Gasteiger partial charge in [-0.1, -0.05) is 16.9 Å². The van der Waals surface area contributed by atoms with Crippen molar-refractivity contribution >= 4 is 17.6 Å². The molecule has 0 aliphatic heterocycles. The van der Waals surface area contributed by atoms with Crippen molar-refractivity contribution in [3.8, 4) is 5.75 Å². The molecule has 0 spiro atoms. The second kappa shape index (κ2) is 6.29. The van der Waals surface area contributed by atoms with E-state index in [4.69, 9.17) is 15.7 Å². The third-order valence-corrected chi connectivity index (χ3v) is 3.68. The number of hydrogen-bond donors (Lipinski definition) is 2. The molecule has 20 heavy (non-hydrogen) atoms. The molecule has 0 atom stereocenters. The van der Waals surface area contributed by atoms with Crippen LogP contribution in [0.4, 0.5) is 4.39 Å². The summed E-state index contributed by atoms with van der Waals surface area (Å²) in [4.78, 5) is 1.35. The first kappa shape index (κ1) is 14.2. The number of ether oxygens (including phenoxy) is 1. The summed E-state index contributed by atoms with van der Waals surface area (Å²) >= 11 is 1.29. The van der Waals surface area contributed by atoms with Crippen LogP contribution >= 0.6 is 11.8 Å². The van der Waals surface area contributed by atoms with Gasteiger partial charge in [-0.2, -0.15) is 0 Å². The number of halogens is 1. The summed E-state index contributed by atoms with van der Waals surface area (Å²) in [6.45, 7) is 0. The molecule has 0 radical (unpaired) electrons. The van der Waals surface area contributed by atoms with Crippen LogP contribution in [0.1, 0.15) is 5.56 Å². The van der Waals surface area contributed by atoms with Crippen LogP contribution in [0.25, 0.3) is 0 Å². The lowest BCUT2D eigenvalue weighted by molar-refractivity contribution is 0.318. The topological polar surface area (TPSA) is 67.8 Å². The number of methoxy groups -OCH3 is 1. The number of nitrogens with two attached hydrogens (primary N) is 1. The summed E-state index contributed by atoms with van der Waals surface area (Å²) in [5.74, 6) is 0.205. The molecule has 104 valence electrons. The largest absolute Gasteiger partial charge is 0.497 e. The fourth-order valence-corrected chi connectivity index (χ4v) is 2.39. The third kappa shape index (κ3) is 3.21. The maximum atomic E-state index is 13.9. The van der Waals surface area contributed by atoms with Crippen molar-refractivity contribution in [1.29, 1.82) is 0 Å².